The molecule has 0 spiro atoms. The highest BCUT2D eigenvalue weighted by Gasteiger charge is 2.10. The summed E-state index contributed by atoms with van der Waals surface area (Å²) in [4.78, 5) is 8.76. The summed E-state index contributed by atoms with van der Waals surface area (Å²) in [6.45, 7) is 6.24. The van der Waals surface area contributed by atoms with Crippen molar-refractivity contribution in [3.05, 3.63) is 47.3 Å². The smallest absolute Gasteiger partial charge is 0.145 e. The molecule has 0 saturated heterocycles. The summed E-state index contributed by atoms with van der Waals surface area (Å²) in [6.07, 6.45) is 0.767. The van der Waals surface area contributed by atoms with Gasteiger partial charge in [-0.25, -0.2) is 15.8 Å². The zero-order valence-corrected chi connectivity index (χ0v) is 12.1. The first-order chi connectivity index (χ1) is 9.63. The molecule has 5 nitrogen and oxygen atoms in total. The second-order valence-electron chi connectivity index (χ2n) is 4.78. The van der Waals surface area contributed by atoms with E-state index in [1.165, 1.54) is 11.1 Å². The molecule has 1 unspecified atom stereocenters. The Kier molecular flexibility index (Phi) is 4.53. The quantitative estimate of drug-likeness (QED) is 0.576. The first-order valence-electron chi connectivity index (χ1n) is 6.80. The molecule has 5 heteroatoms. The van der Waals surface area contributed by atoms with E-state index in [2.05, 4.69) is 46.7 Å². The zero-order valence-electron chi connectivity index (χ0n) is 12.1. The molecule has 0 aliphatic heterocycles. The SMILES string of the molecule is CCc1nc(NN)cc(NC(C)c2ccccc2C)n1. The molecule has 4 N–H and O–H groups in total. The molecule has 1 heterocycles. The lowest BCUT2D eigenvalue weighted by atomic mass is 10.0. The summed E-state index contributed by atoms with van der Waals surface area (Å²) < 4.78 is 0. The number of hydrazine groups is 1. The van der Waals surface area contributed by atoms with Gasteiger partial charge >= 0.3 is 0 Å². The fourth-order valence-corrected chi connectivity index (χ4v) is 2.18. The van der Waals surface area contributed by atoms with Gasteiger partial charge in [0.15, 0.2) is 0 Å². The van der Waals surface area contributed by atoms with Crippen LogP contribution in [-0.4, -0.2) is 9.97 Å². The highest BCUT2D eigenvalue weighted by atomic mass is 15.3. The predicted octanol–water partition coefficient (Wildman–Crippen LogP) is 2.81. The Morgan fingerprint density at radius 3 is 2.55 bits per heavy atom. The fourth-order valence-electron chi connectivity index (χ4n) is 2.18. The van der Waals surface area contributed by atoms with E-state index >= 15 is 0 Å². The Labute approximate surface area is 119 Å². The number of nitrogens with zero attached hydrogens (tertiary/aromatic N) is 2. The van der Waals surface area contributed by atoms with E-state index in [4.69, 9.17) is 5.84 Å². The molecule has 0 amide bonds. The number of aromatic nitrogens is 2. The molecule has 2 aromatic rings. The molecule has 1 aromatic carbocycles. The van der Waals surface area contributed by atoms with Gasteiger partial charge < -0.3 is 10.7 Å². The lowest BCUT2D eigenvalue weighted by molar-refractivity contribution is 0.850. The Balaban J connectivity index is 2.23. The van der Waals surface area contributed by atoms with Crippen molar-refractivity contribution in [2.45, 2.75) is 33.2 Å². The average molecular weight is 271 g/mol. The minimum Gasteiger partial charge on any atom is -0.363 e. The molecular formula is C15H21N5. The molecular weight excluding hydrogens is 250 g/mol. The van der Waals surface area contributed by atoms with E-state index in [0.29, 0.717) is 5.82 Å². The van der Waals surface area contributed by atoms with Crippen molar-refractivity contribution in [1.29, 1.82) is 0 Å². The number of nitrogens with two attached hydrogens (primary N) is 1. The van der Waals surface area contributed by atoms with Gasteiger partial charge in [-0.3, -0.25) is 0 Å². The van der Waals surface area contributed by atoms with Crippen LogP contribution in [-0.2, 0) is 6.42 Å². The second kappa shape index (κ2) is 6.34. The Morgan fingerprint density at radius 2 is 1.90 bits per heavy atom. The first kappa shape index (κ1) is 14.3. The largest absolute Gasteiger partial charge is 0.363 e. The third-order valence-corrected chi connectivity index (χ3v) is 3.26. The number of aryl methyl sites for hydroxylation is 2. The lowest BCUT2D eigenvalue weighted by Crippen LogP contribution is -2.14. The van der Waals surface area contributed by atoms with Crippen molar-refractivity contribution in [2.75, 3.05) is 10.7 Å². The van der Waals surface area contributed by atoms with Gasteiger partial charge in [0, 0.05) is 12.5 Å². The van der Waals surface area contributed by atoms with Crippen LogP contribution in [0.4, 0.5) is 11.6 Å². The van der Waals surface area contributed by atoms with Crippen LogP contribution in [0.2, 0.25) is 0 Å². The van der Waals surface area contributed by atoms with Gasteiger partial charge in [-0.1, -0.05) is 31.2 Å². The molecule has 20 heavy (non-hydrogen) atoms. The standard InChI is InChI=1S/C15H21N5/c1-4-13-18-14(9-15(19-13)20-16)17-11(3)12-8-6-5-7-10(12)2/h5-9,11H,4,16H2,1-3H3,(H2,17,18,19,20). The summed E-state index contributed by atoms with van der Waals surface area (Å²) in [6, 6.07) is 10.3. The Bertz CT molecular complexity index is 560. The summed E-state index contributed by atoms with van der Waals surface area (Å²) in [5.41, 5.74) is 5.09. The van der Waals surface area contributed by atoms with Gasteiger partial charge in [0.25, 0.3) is 0 Å². The zero-order chi connectivity index (χ0) is 14.5. The first-order valence-corrected chi connectivity index (χ1v) is 6.80. The monoisotopic (exact) mass is 271 g/mol. The molecule has 0 bridgehead atoms. The van der Waals surface area contributed by atoms with Crippen LogP contribution < -0.4 is 16.6 Å². The van der Waals surface area contributed by atoms with Crippen molar-refractivity contribution >= 4 is 11.6 Å². The normalized spacial score (nSPS) is 12.0. The van der Waals surface area contributed by atoms with Gasteiger partial charge in [-0.05, 0) is 25.0 Å². The number of hydrogen-bond acceptors (Lipinski definition) is 5. The van der Waals surface area contributed by atoms with E-state index in [1.807, 2.05) is 25.1 Å². The van der Waals surface area contributed by atoms with E-state index < -0.39 is 0 Å². The maximum atomic E-state index is 5.44. The fraction of sp³-hybridized carbons (Fsp3) is 0.333. The van der Waals surface area contributed by atoms with E-state index in [1.54, 1.807) is 0 Å². The van der Waals surface area contributed by atoms with E-state index in [9.17, 15) is 0 Å². The van der Waals surface area contributed by atoms with Gasteiger partial charge in [-0.2, -0.15) is 0 Å². The minimum absolute atomic E-state index is 0.168. The van der Waals surface area contributed by atoms with Crippen LogP contribution in [0.5, 0.6) is 0 Å². The van der Waals surface area contributed by atoms with E-state index in [0.717, 1.165) is 18.1 Å². The Hall–Kier alpha value is -2.14. The average Bonchev–Trinajstić information content (AvgIpc) is 2.47. The number of rotatable bonds is 5. The van der Waals surface area contributed by atoms with Crippen molar-refractivity contribution in [3.8, 4) is 0 Å². The van der Waals surface area contributed by atoms with Crippen molar-refractivity contribution in [2.24, 2.45) is 5.84 Å². The maximum Gasteiger partial charge on any atom is 0.145 e. The molecule has 1 atom stereocenters. The van der Waals surface area contributed by atoms with Gasteiger partial charge in [0.1, 0.15) is 17.5 Å². The van der Waals surface area contributed by atoms with Crippen LogP contribution in [0.15, 0.2) is 30.3 Å². The summed E-state index contributed by atoms with van der Waals surface area (Å²) in [5.74, 6) is 7.60. The van der Waals surface area contributed by atoms with Crippen LogP contribution in [0.1, 0.15) is 36.8 Å². The summed E-state index contributed by atoms with van der Waals surface area (Å²) >= 11 is 0. The number of nitrogen functional groups attached to an aromatic ring is 1. The molecule has 0 fully saturated rings. The molecule has 0 saturated carbocycles. The van der Waals surface area contributed by atoms with Crippen LogP contribution in [0.3, 0.4) is 0 Å². The third kappa shape index (κ3) is 3.24. The number of anilines is 2. The van der Waals surface area contributed by atoms with Crippen LogP contribution in [0, 0.1) is 6.92 Å². The number of benzene rings is 1. The van der Waals surface area contributed by atoms with Gasteiger partial charge in [0.2, 0.25) is 0 Å². The van der Waals surface area contributed by atoms with Crippen LogP contribution >= 0.6 is 0 Å². The van der Waals surface area contributed by atoms with Gasteiger partial charge in [0.05, 0.1) is 6.04 Å². The van der Waals surface area contributed by atoms with Crippen LogP contribution in [0.25, 0.3) is 0 Å². The van der Waals surface area contributed by atoms with Crippen molar-refractivity contribution < 1.29 is 0 Å². The highest BCUT2D eigenvalue weighted by molar-refractivity contribution is 5.48. The molecule has 2 rings (SSSR count). The minimum atomic E-state index is 0.168. The van der Waals surface area contributed by atoms with Gasteiger partial charge in [-0.15, -0.1) is 0 Å². The van der Waals surface area contributed by atoms with Crippen molar-refractivity contribution in [1.82, 2.24) is 9.97 Å². The predicted molar refractivity (Wildman–Crippen MR) is 82.4 cm³/mol. The topological polar surface area (TPSA) is 75.9 Å². The molecule has 0 radical (unpaired) electrons. The summed E-state index contributed by atoms with van der Waals surface area (Å²) in [5, 5.41) is 3.40. The third-order valence-electron chi connectivity index (χ3n) is 3.26. The maximum absolute atomic E-state index is 5.44. The number of hydrogen-bond donors (Lipinski definition) is 3. The summed E-state index contributed by atoms with van der Waals surface area (Å²) in [7, 11) is 0. The molecule has 1 aromatic heterocycles. The van der Waals surface area contributed by atoms with E-state index in [-0.39, 0.29) is 6.04 Å². The molecule has 0 aliphatic rings. The molecule has 106 valence electrons. The second-order valence-corrected chi connectivity index (χ2v) is 4.78. The van der Waals surface area contributed by atoms with Crippen molar-refractivity contribution in [3.63, 3.8) is 0 Å². The Morgan fingerprint density at radius 1 is 1.20 bits per heavy atom. The molecule has 0 aliphatic carbocycles. The number of nitrogens with one attached hydrogen (secondary N) is 2. The lowest BCUT2D eigenvalue weighted by Gasteiger charge is -2.18. The highest BCUT2D eigenvalue weighted by Crippen LogP contribution is 2.22.